The number of nitrogens with two attached hydrogens (primary N) is 2. The van der Waals surface area contributed by atoms with E-state index in [9.17, 15) is 0 Å². The van der Waals surface area contributed by atoms with E-state index in [1.54, 1.807) is 0 Å². The van der Waals surface area contributed by atoms with Crippen molar-refractivity contribution in [2.75, 3.05) is 32.9 Å². The highest BCUT2D eigenvalue weighted by Gasteiger charge is 2.30. The van der Waals surface area contributed by atoms with Crippen LogP contribution < -0.4 is 11.5 Å². The molecule has 0 aliphatic rings. The molecule has 1 unspecified atom stereocenters. The van der Waals surface area contributed by atoms with Crippen LogP contribution in [-0.2, 0) is 0 Å². The topological polar surface area (TPSA) is 94.7 Å². The fourth-order valence-electron chi connectivity index (χ4n) is 3.61. The average molecular weight is 499 g/mol. The monoisotopic (exact) mass is 498 g/mol. The van der Waals surface area contributed by atoms with Crippen LogP contribution in [0.3, 0.4) is 0 Å². The van der Waals surface area contributed by atoms with Gasteiger partial charge >= 0.3 is 0 Å². The van der Waals surface area contributed by atoms with Gasteiger partial charge in [-0.15, -0.1) is 0 Å². The van der Waals surface area contributed by atoms with Gasteiger partial charge in [-0.1, -0.05) is 56.0 Å². The number of hydrogen-bond donors (Lipinski definition) is 4. The Bertz CT molecular complexity index is 926. The minimum Gasteiger partial charge on any atom is -0.378 e. The number of rotatable bonds is 14. The second-order valence-corrected chi connectivity index (χ2v) is 10.4. The Balaban J connectivity index is 3.40. The van der Waals surface area contributed by atoms with Gasteiger partial charge in [0.05, 0.1) is 17.9 Å². The Kier molecular flexibility index (Phi) is 12.0. The summed E-state index contributed by atoms with van der Waals surface area (Å²) >= 11 is 4.77. The molecule has 1 aromatic carbocycles. The van der Waals surface area contributed by atoms with Crippen molar-refractivity contribution in [3.63, 3.8) is 0 Å². The first-order valence-corrected chi connectivity index (χ1v) is 12.7. The smallest absolute Gasteiger partial charge is 0.102 e. The Morgan fingerprint density at radius 1 is 1.14 bits per heavy atom. The van der Waals surface area contributed by atoms with Crippen LogP contribution in [0.25, 0.3) is 5.70 Å². The van der Waals surface area contributed by atoms with Crippen molar-refractivity contribution in [1.29, 1.82) is 5.41 Å². The molecule has 194 valence electrons. The third-order valence-corrected chi connectivity index (χ3v) is 7.16. The Labute approximate surface area is 218 Å². The van der Waals surface area contributed by atoms with Gasteiger partial charge in [-0.2, -0.15) is 12.6 Å². The van der Waals surface area contributed by atoms with Crippen molar-refractivity contribution in [3.05, 3.63) is 65.9 Å². The van der Waals surface area contributed by atoms with Gasteiger partial charge in [-0.25, -0.2) is 4.99 Å². The summed E-state index contributed by atoms with van der Waals surface area (Å²) in [5.41, 5.74) is 16.1. The molecule has 1 rings (SSSR count). The largest absolute Gasteiger partial charge is 0.378 e. The van der Waals surface area contributed by atoms with Gasteiger partial charge in [0.1, 0.15) is 5.84 Å². The molecular weight excluding hydrogens is 452 g/mol. The van der Waals surface area contributed by atoms with Crippen LogP contribution in [0.1, 0.15) is 51.2 Å². The Morgan fingerprint density at radius 3 is 2.23 bits per heavy atom. The standard InChI is InChI=1S/C28H46N6S/c1-9-25(27(5,20-35)16-18-33(7)22(3)14-15-28(6,30)31)26(24-12-10-21(2)11-13-24)32-23(4)34(8)19-17-29/h9-13,17,29,35H,1,3,14-16,18-20,30-31H2,2,4-8H3/b26-25+,29-17?,32-23-. The van der Waals surface area contributed by atoms with Crippen LogP contribution >= 0.6 is 12.6 Å². The first-order valence-electron chi connectivity index (χ1n) is 12.0. The summed E-state index contributed by atoms with van der Waals surface area (Å²) < 4.78 is 0. The number of benzene rings is 1. The summed E-state index contributed by atoms with van der Waals surface area (Å²) in [5, 5.41) is 7.45. The summed E-state index contributed by atoms with van der Waals surface area (Å²) in [6.45, 7) is 17.8. The number of thiol groups is 1. The molecule has 0 aliphatic carbocycles. The molecule has 0 heterocycles. The van der Waals surface area contributed by atoms with Crippen molar-refractivity contribution in [2.45, 2.75) is 52.6 Å². The Morgan fingerprint density at radius 2 is 1.74 bits per heavy atom. The maximum Gasteiger partial charge on any atom is 0.102 e. The van der Waals surface area contributed by atoms with Crippen LogP contribution in [-0.4, -0.2) is 60.5 Å². The normalized spacial score (nSPS) is 14.6. The second kappa shape index (κ2) is 13.7. The van der Waals surface area contributed by atoms with Crippen LogP contribution in [0.4, 0.5) is 0 Å². The molecule has 1 atom stereocenters. The van der Waals surface area contributed by atoms with Crippen molar-refractivity contribution in [3.8, 4) is 0 Å². The molecule has 35 heavy (non-hydrogen) atoms. The van der Waals surface area contributed by atoms with Crippen molar-refractivity contribution >= 4 is 30.4 Å². The van der Waals surface area contributed by atoms with Gasteiger partial charge in [-0.3, -0.25) is 0 Å². The van der Waals surface area contributed by atoms with Gasteiger partial charge in [0.15, 0.2) is 0 Å². The first kappa shape index (κ1) is 30.7. The Hall–Kier alpha value is -2.35. The maximum atomic E-state index is 7.45. The molecule has 0 saturated heterocycles. The first-order chi connectivity index (χ1) is 16.3. The van der Waals surface area contributed by atoms with E-state index in [-0.39, 0.29) is 5.41 Å². The fraction of sp³-hybridized carbons (Fsp3) is 0.500. The van der Waals surface area contributed by atoms with E-state index in [2.05, 4.69) is 63.2 Å². The maximum absolute atomic E-state index is 7.45. The highest BCUT2D eigenvalue weighted by molar-refractivity contribution is 7.80. The van der Waals surface area contributed by atoms with Gasteiger partial charge in [0.2, 0.25) is 0 Å². The average Bonchev–Trinajstić information content (AvgIpc) is 2.80. The molecular formula is C28H46N6S. The molecule has 0 bridgehead atoms. The van der Waals surface area contributed by atoms with E-state index in [1.807, 2.05) is 31.9 Å². The summed E-state index contributed by atoms with van der Waals surface area (Å²) in [6, 6.07) is 8.40. The van der Waals surface area contributed by atoms with E-state index in [1.165, 1.54) is 11.8 Å². The number of aryl methyl sites for hydroxylation is 1. The van der Waals surface area contributed by atoms with Crippen molar-refractivity contribution < 1.29 is 0 Å². The zero-order valence-corrected chi connectivity index (χ0v) is 23.5. The molecule has 1 aromatic rings. The third kappa shape index (κ3) is 9.67. The molecule has 6 nitrogen and oxygen atoms in total. The predicted octanol–water partition coefficient (Wildman–Crippen LogP) is 5.08. The minimum atomic E-state index is -0.703. The highest BCUT2D eigenvalue weighted by atomic mass is 32.1. The molecule has 0 radical (unpaired) electrons. The lowest BCUT2D eigenvalue weighted by Gasteiger charge is -2.34. The van der Waals surface area contributed by atoms with Crippen molar-refractivity contribution in [1.82, 2.24) is 9.80 Å². The zero-order chi connectivity index (χ0) is 26.8. The molecule has 0 spiro atoms. The summed E-state index contributed by atoms with van der Waals surface area (Å²) in [7, 11) is 3.99. The number of nitrogens with one attached hydrogen (secondary N) is 1. The van der Waals surface area contributed by atoms with Gasteiger partial charge in [0.25, 0.3) is 0 Å². The number of hydrogen-bond acceptors (Lipinski definition) is 6. The van der Waals surface area contributed by atoms with Crippen LogP contribution in [0.15, 0.2) is 59.8 Å². The quantitative estimate of drug-likeness (QED) is 0.0946. The molecule has 0 saturated carbocycles. The number of allylic oxidation sites excluding steroid dienone is 3. The molecule has 5 N–H and O–H groups in total. The van der Waals surface area contributed by atoms with E-state index >= 15 is 0 Å². The minimum absolute atomic E-state index is 0.278. The molecule has 0 fully saturated rings. The third-order valence-electron chi connectivity index (χ3n) is 6.47. The predicted molar refractivity (Wildman–Crippen MR) is 157 cm³/mol. The lowest BCUT2D eigenvalue weighted by molar-refractivity contribution is 0.313. The van der Waals surface area contributed by atoms with Gasteiger partial charge in [0, 0.05) is 43.5 Å². The van der Waals surface area contributed by atoms with Crippen LogP contribution in [0, 0.1) is 17.7 Å². The number of aliphatic imine (C=N–C) groups is 1. The van der Waals surface area contributed by atoms with E-state index in [0.717, 1.165) is 47.8 Å². The van der Waals surface area contributed by atoms with E-state index in [4.69, 9.17) is 34.5 Å². The van der Waals surface area contributed by atoms with Gasteiger partial charge < -0.3 is 26.7 Å². The lowest BCUT2D eigenvalue weighted by atomic mass is 9.78. The van der Waals surface area contributed by atoms with Crippen LogP contribution in [0.5, 0.6) is 0 Å². The fourth-order valence-corrected chi connectivity index (χ4v) is 3.94. The summed E-state index contributed by atoms with van der Waals surface area (Å²) in [4.78, 5) is 9.18. The number of nitrogens with zero attached hydrogens (tertiary/aromatic N) is 3. The summed E-state index contributed by atoms with van der Waals surface area (Å²) in [6.07, 6.45) is 5.56. The van der Waals surface area contributed by atoms with E-state index < -0.39 is 5.66 Å². The van der Waals surface area contributed by atoms with Gasteiger partial charge in [-0.05, 0) is 51.4 Å². The molecule has 0 amide bonds. The zero-order valence-electron chi connectivity index (χ0n) is 22.6. The SMILES string of the molecule is C=C/C(=C(\N=C(\C)N(C)CC=N)c1ccc(C)cc1)C(C)(CS)CCN(C)C(=C)CCC(C)(N)N. The highest BCUT2D eigenvalue weighted by Crippen LogP contribution is 2.39. The number of amidine groups is 1. The second-order valence-electron chi connectivity index (χ2n) is 10.0. The lowest BCUT2D eigenvalue weighted by Crippen LogP contribution is -2.46. The summed E-state index contributed by atoms with van der Waals surface area (Å²) in [5.74, 6) is 1.47. The molecule has 0 aromatic heterocycles. The van der Waals surface area contributed by atoms with Crippen molar-refractivity contribution in [2.24, 2.45) is 21.9 Å². The molecule has 0 aliphatic heterocycles. The molecule has 7 heteroatoms. The van der Waals surface area contributed by atoms with E-state index in [0.29, 0.717) is 18.7 Å². The van der Waals surface area contributed by atoms with Crippen LogP contribution in [0.2, 0.25) is 0 Å².